The first-order chi connectivity index (χ1) is 10.8. The average molecular weight is 297 g/mol. The largest absolute Gasteiger partial charge is 0.461 e. The SMILES string of the molecule is O=C(C[C@H]1CCCCCN1Cc1ccccc1)c1ccco1. The smallest absolute Gasteiger partial charge is 0.199 e. The van der Waals surface area contributed by atoms with Crippen LogP contribution in [0.2, 0.25) is 0 Å². The molecule has 1 aromatic heterocycles. The molecule has 22 heavy (non-hydrogen) atoms. The van der Waals surface area contributed by atoms with E-state index in [1.54, 1.807) is 18.4 Å². The van der Waals surface area contributed by atoms with Gasteiger partial charge in [0.2, 0.25) is 0 Å². The average Bonchev–Trinajstić information content (AvgIpc) is 3.00. The highest BCUT2D eigenvalue weighted by atomic mass is 16.3. The second-order valence-electron chi connectivity index (χ2n) is 6.06. The van der Waals surface area contributed by atoms with E-state index in [2.05, 4.69) is 29.2 Å². The molecule has 1 aromatic carbocycles. The van der Waals surface area contributed by atoms with E-state index < -0.39 is 0 Å². The van der Waals surface area contributed by atoms with Gasteiger partial charge in [-0.2, -0.15) is 0 Å². The summed E-state index contributed by atoms with van der Waals surface area (Å²) in [6.45, 7) is 2.00. The zero-order valence-corrected chi connectivity index (χ0v) is 12.9. The Hall–Kier alpha value is -1.87. The topological polar surface area (TPSA) is 33.5 Å². The molecule has 116 valence electrons. The van der Waals surface area contributed by atoms with Crippen LogP contribution in [0.1, 0.15) is 48.2 Å². The van der Waals surface area contributed by atoms with Gasteiger partial charge in [-0.05, 0) is 37.1 Å². The summed E-state index contributed by atoms with van der Waals surface area (Å²) in [4.78, 5) is 14.8. The van der Waals surface area contributed by atoms with Crippen molar-refractivity contribution in [3.8, 4) is 0 Å². The van der Waals surface area contributed by atoms with Gasteiger partial charge in [-0.1, -0.05) is 43.2 Å². The van der Waals surface area contributed by atoms with Crippen LogP contribution in [0.25, 0.3) is 0 Å². The monoisotopic (exact) mass is 297 g/mol. The van der Waals surface area contributed by atoms with Crippen LogP contribution in [0.3, 0.4) is 0 Å². The van der Waals surface area contributed by atoms with E-state index in [1.807, 2.05) is 6.07 Å². The van der Waals surface area contributed by atoms with Crippen LogP contribution < -0.4 is 0 Å². The number of nitrogens with zero attached hydrogens (tertiary/aromatic N) is 1. The molecule has 0 amide bonds. The molecule has 1 aliphatic rings. The van der Waals surface area contributed by atoms with Crippen LogP contribution in [-0.4, -0.2) is 23.3 Å². The Labute approximate surface area is 131 Å². The zero-order chi connectivity index (χ0) is 15.2. The van der Waals surface area contributed by atoms with E-state index in [-0.39, 0.29) is 5.78 Å². The number of benzene rings is 1. The van der Waals surface area contributed by atoms with Crippen molar-refractivity contribution in [2.75, 3.05) is 6.54 Å². The molecule has 1 atom stereocenters. The standard InChI is InChI=1S/C19H23NO2/c21-18(19-11-7-13-22-19)14-17-10-5-2-6-12-20(17)15-16-8-3-1-4-9-16/h1,3-4,7-9,11,13,17H,2,5-6,10,12,14-15H2/t17-/m1/s1. The molecular weight excluding hydrogens is 274 g/mol. The fraction of sp³-hybridized carbons (Fsp3) is 0.421. The van der Waals surface area contributed by atoms with Crippen molar-refractivity contribution >= 4 is 5.78 Å². The van der Waals surface area contributed by atoms with Crippen LogP contribution in [0, 0.1) is 0 Å². The molecule has 0 radical (unpaired) electrons. The minimum atomic E-state index is 0.120. The Morgan fingerprint density at radius 1 is 1.09 bits per heavy atom. The summed E-state index contributed by atoms with van der Waals surface area (Å²) in [5.41, 5.74) is 1.32. The van der Waals surface area contributed by atoms with Crippen molar-refractivity contribution in [3.05, 3.63) is 60.1 Å². The Morgan fingerprint density at radius 3 is 2.73 bits per heavy atom. The lowest BCUT2D eigenvalue weighted by molar-refractivity contribution is 0.0884. The van der Waals surface area contributed by atoms with Crippen LogP contribution in [0.15, 0.2) is 53.1 Å². The molecule has 3 nitrogen and oxygen atoms in total. The van der Waals surface area contributed by atoms with Crippen molar-refractivity contribution in [1.29, 1.82) is 0 Å². The van der Waals surface area contributed by atoms with E-state index in [9.17, 15) is 4.79 Å². The van der Waals surface area contributed by atoms with Crippen LogP contribution in [0.4, 0.5) is 0 Å². The van der Waals surface area contributed by atoms with Crippen molar-refractivity contribution in [3.63, 3.8) is 0 Å². The van der Waals surface area contributed by atoms with Gasteiger partial charge < -0.3 is 4.42 Å². The fourth-order valence-corrected chi connectivity index (χ4v) is 3.25. The quantitative estimate of drug-likeness (QED) is 0.772. The summed E-state index contributed by atoms with van der Waals surface area (Å²) in [5, 5.41) is 0. The van der Waals surface area contributed by atoms with Crippen molar-refractivity contribution in [2.45, 2.75) is 44.7 Å². The maximum atomic E-state index is 12.4. The van der Waals surface area contributed by atoms with Gasteiger partial charge in [0.05, 0.1) is 6.26 Å². The third-order valence-electron chi connectivity index (χ3n) is 4.44. The van der Waals surface area contributed by atoms with Gasteiger partial charge in [-0.15, -0.1) is 0 Å². The van der Waals surface area contributed by atoms with E-state index in [1.165, 1.54) is 24.8 Å². The zero-order valence-electron chi connectivity index (χ0n) is 12.9. The first kappa shape index (κ1) is 15.0. The first-order valence-corrected chi connectivity index (χ1v) is 8.17. The number of ketones is 1. The first-order valence-electron chi connectivity index (χ1n) is 8.17. The van der Waals surface area contributed by atoms with E-state index in [4.69, 9.17) is 4.42 Å². The molecule has 1 fully saturated rings. The Kier molecular flexibility index (Phi) is 5.07. The van der Waals surface area contributed by atoms with Crippen LogP contribution in [-0.2, 0) is 6.54 Å². The minimum absolute atomic E-state index is 0.120. The number of likely N-dealkylation sites (tertiary alicyclic amines) is 1. The predicted molar refractivity (Wildman–Crippen MR) is 86.8 cm³/mol. The third kappa shape index (κ3) is 3.86. The number of Topliss-reactive ketones (excluding diaryl/α,β-unsaturated/α-hetero) is 1. The number of hydrogen-bond donors (Lipinski definition) is 0. The van der Waals surface area contributed by atoms with Crippen molar-refractivity contribution < 1.29 is 9.21 Å². The molecule has 0 saturated carbocycles. The Balaban J connectivity index is 1.69. The molecule has 2 aromatic rings. The molecule has 0 unspecified atom stereocenters. The third-order valence-corrected chi connectivity index (χ3v) is 4.44. The maximum absolute atomic E-state index is 12.4. The second kappa shape index (κ2) is 7.41. The molecule has 0 aliphatic carbocycles. The highest BCUT2D eigenvalue weighted by molar-refractivity contribution is 5.93. The molecule has 0 N–H and O–H groups in total. The number of rotatable bonds is 5. The van der Waals surface area contributed by atoms with Gasteiger partial charge in [0.15, 0.2) is 11.5 Å². The molecule has 2 heterocycles. The Bertz CT molecular complexity index is 577. The Morgan fingerprint density at radius 2 is 1.95 bits per heavy atom. The highest BCUT2D eigenvalue weighted by Gasteiger charge is 2.24. The number of carbonyl (C=O) groups excluding carboxylic acids is 1. The fourth-order valence-electron chi connectivity index (χ4n) is 3.25. The lowest BCUT2D eigenvalue weighted by Crippen LogP contribution is -2.36. The van der Waals surface area contributed by atoms with Crippen molar-refractivity contribution in [1.82, 2.24) is 4.90 Å². The van der Waals surface area contributed by atoms with Crippen LogP contribution in [0.5, 0.6) is 0 Å². The van der Waals surface area contributed by atoms with E-state index in [0.29, 0.717) is 18.2 Å². The van der Waals surface area contributed by atoms with Gasteiger partial charge in [-0.3, -0.25) is 9.69 Å². The van der Waals surface area contributed by atoms with Crippen LogP contribution >= 0.6 is 0 Å². The van der Waals surface area contributed by atoms with E-state index >= 15 is 0 Å². The van der Waals surface area contributed by atoms with Crippen molar-refractivity contribution in [2.24, 2.45) is 0 Å². The second-order valence-corrected chi connectivity index (χ2v) is 6.06. The molecule has 1 saturated heterocycles. The van der Waals surface area contributed by atoms with E-state index in [0.717, 1.165) is 19.5 Å². The number of carbonyl (C=O) groups is 1. The predicted octanol–water partition coefficient (Wildman–Crippen LogP) is 4.30. The molecular formula is C19H23NO2. The number of furan rings is 1. The number of hydrogen-bond acceptors (Lipinski definition) is 3. The minimum Gasteiger partial charge on any atom is -0.461 e. The summed E-state index contributed by atoms with van der Waals surface area (Å²) >= 11 is 0. The summed E-state index contributed by atoms with van der Waals surface area (Å²) in [6, 6.07) is 14.4. The summed E-state index contributed by atoms with van der Waals surface area (Å²) < 4.78 is 5.25. The highest BCUT2D eigenvalue weighted by Crippen LogP contribution is 2.23. The normalized spacial score (nSPS) is 19.7. The lowest BCUT2D eigenvalue weighted by Gasteiger charge is -2.29. The van der Waals surface area contributed by atoms with Gasteiger partial charge in [0.25, 0.3) is 0 Å². The molecule has 3 rings (SSSR count). The summed E-state index contributed by atoms with van der Waals surface area (Å²) in [5.74, 6) is 0.610. The molecule has 0 spiro atoms. The maximum Gasteiger partial charge on any atom is 0.199 e. The van der Waals surface area contributed by atoms with Gasteiger partial charge >= 0.3 is 0 Å². The lowest BCUT2D eigenvalue weighted by atomic mass is 10.0. The molecule has 0 bridgehead atoms. The van der Waals surface area contributed by atoms with Gasteiger partial charge in [-0.25, -0.2) is 0 Å². The molecule has 3 heteroatoms. The summed E-state index contributed by atoms with van der Waals surface area (Å²) in [7, 11) is 0. The van der Waals surface area contributed by atoms with Gasteiger partial charge in [0.1, 0.15) is 0 Å². The van der Waals surface area contributed by atoms with Gasteiger partial charge in [0, 0.05) is 19.0 Å². The molecule has 1 aliphatic heterocycles. The summed E-state index contributed by atoms with van der Waals surface area (Å²) in [6.07, 6.45) is 6.91.